The summed E-state index contributed by atoms with van der Waals surface area (Å²) in [5.41, 5.74) is 0.653. The molecule has 0 fully saturated rings. The summed E-state index contributed by atoms with van der Waals surface area (Å²) in [5.74, 6) is -10.2. The molecule has 0 bridgehead atoms. The smallest absolute Gasteiger partial charge is 0.320 e. The van der Waals surface area contributed by atoms with Gasteiger partial charge in [0.2, 0.25) is 34.8 Å². The lowest BCUT2D eigenvalue weighted by molar-refractivity contribution is 0.250. The predicted molar refractivity (Wildman–Crippen MR) is 131 cm³/mol. The van der Waals surface area contributed by atoms with Gasteiger partial charge < -0.3 is 41.4 Å². The third-order valence-electron chi connectivity index (χ3n) is 4.70. The summed E-state index contributed by atoms with van der Waals surface area (Å²) >= 11 is 0. The zero-order valence-corrected chi connectivity index (χ0v) is 20.2. The minimum Gasteiger partial charge on any atom is -0.451 e. The third kappa shape index (κ3) is 7.24. The van der Waals surface area contributed by atoms with E-state index >= 15 is 0 Å². The van der Waals surface area contributed by atoms with Gasteiger partial charge in [0, 0.05) is 11.4 Å². The molecule has 0 spiro atoms. The van der Waals surface area contributed by atoms with Gasteiger partial charge in [0.25, 0.3) is 0 Å². The van der Waals surface area contributed by atoms with Crippen molar-refractivity contribution in [2.45, 2.75) is 0 Å². The minimum absolute atomic E-state index is 0.154. The average molecular weight is 536 g/mol. The SMILES string of the molecule is CNCNC(=O)Nc1ccc(Oc2c(F)c(F)c(Oc3ccc(NC(=O)NCNC)cc3)c(F)c2F)cc1. The molecule has 0 radical (unpaired) electrons. The van der Waals surface area contributed by atoms with Crippen LogP contribution in [0, 0.1) is 23.3 Å². The number of nitrogens with one attached hydrogen (secondary N) is 6. The number of ether oxygens (including phenoxy) is 2. The van der Waals surface area contributed by atoms with E-state index in [0.29, 0.717) is 11.4 Å². The van der Waals surface area contributed by atoms with Gasteiger partial charge in [0.15, 0.2) is 0 Å². The lowest BCUT2D eigenvalue weighted by Crippen LogP contribution is -2.35. The Labute approximate surface area is 214 Å². The van der Waals surface area contributed by atoms with Crippen molar-refractivity contribution in [3.8, 4) is 23.0 Å². The van der Waals surface area contributed by atoms with Crippen LogP contribution in [0.4, 0.5) is 38.5 Å². The van der Waals surface area contributed by atoms with Crippen molar-refractivity contribution in [2.75, 3.05) is 38.1 Å². The van der Waals surface area contributed by atoms with Crippen LogP contribution in [0.2, 0.25) is 0 Å². The van der Waals surface area contributed by atoms with Crippen LogP contribution in [0.25, 0.3) is 0 Å². The zero-order valence-electron chi connectivity index (χ0n) is 20.2. The van der Waals surface area contributed by atoms with E-state index in [9.17, 15) is 27.2 Å². The molecule has 0 aliphatic heterocycles. The summed E-state index contributed by atoms with van der Waals surface area (Å²) in [6.07, 6.45) is 0. The number of anilines is 2. The second kappa shape index (κ2) is 13.1. The quantitative estimate of drug-likeness (QED) is 0.130. The molecule has 3 aromatic rings. The maximum Gasteiger partial charge on any atom is 0.320 e. The Kier molecular flexibility index (Phi) is 9.67. The number of hydrogen-bond acceptors (Lipinski definition) is 6. The van der Waals surface area contributed by atoms with Gasteiger partial charge in [-0.25, -0.2) is 9.59 Å². The molecule has 0 saturated carbocycles. The van der Waals surface area contributed by atoms with Gasteiger partial charge in [0.1, 0.15) is 11.5 Å². The lowest BCUT2D eigenvalue weighted by atomic mass is 10.2. The number of amides is 4. The molecular weight excluding hydrogens is 512 g/mol. The van der Waals surface area contributed by atoms with E-state index in [2.05, 4.69) is 31.9 Å². The van der Waals surface area contributed by atoms with Gasteiger partial charge >= 0.3 is 12.1 Å². The van der Waals surface area contributed by atoms with E-state index in [1.165, 1.54) is 48.5 Å². The van der Waals surface area contributed by atoms with Crippen LogP contribution in [0.15, 0.2) is 48.5 Å². The summed E-state index contributed by atoms with van der Waals surface area (Å²) < 4.78 is 68.7. The maximum atomic E-state index is 14.7. The lowest BCUT2D eigenvalue weighted by Gasteiger charge is -2.14. The summed E-state index contributed by atoms with van der Waals surface area (Å²) in [4.78, 5) is 23.3. The van der Waals surface area contributed by atoms with Crippen molar-refractivity contribution in [3.63, 3.8) is 0 Å². The van der Waals surface area contributed by atoms with Crippen LogP contribution in [0.5, 0.6) is 23.0 Å². The largest absolute Gasteiger partial charge is 0.451 e. The van der Waals surface area contributed by atoms with Gasteiger partial charge in [0.05, 0.1) is 13.3 Å². The highest BCUT2D eigenvalue weighted by molar-refractivity contribution is 5.89. The molecule has 0 unspecified atom stereocenters. The zero-order chi connectivity index (χ0) is 27.7. The van der Waals surface area contributed by atoms with Crippen LogP contribution >= 0.6 is 0 Å². The number of halogens is 4. The Morgan fingerprint density at radius 2 is 0.921 bits per heavy atom. The van der Waals surface area contributed by atoms with Crippen molar-refractivity contribution >= 4 is 23.4 Å². The first-order valence-electron chi connectivity index (χ1n) is 11.0. The predicted octanol–water partition coefficient (Wildman–Crippen LogP) is 4.42. The van der Waals surface area contributed by atoms with Gasteiger partial charge in [-0.2, -0.15) is 17.6 Å². The molecule has 0 aliphatic rings. The van der Waals surface area contributed by atoms with Crippen molar-refractivity contribution in [2.24, 2.45) is 0 Å². The second-order valence-electron chi connectivity index (χ2n) is 7.49. The molecule has 0 heterocycles. The van der Waals surface area contributed by atoms with E-state index in [4.69, 9.17) is 9.47 Å². The fourth-order valence-corrected chi connectivity index (χ4v) is 2.91. The minimum atomic E-state index is -1.81. The number of carbonyl (C=O) groups excluding carboxylic acids is 2. The molecule has 4 amide bonds. The Balaban J connectivity index is 1.72. The third-order valence-corrected chi connectivity index (χ3v) is 4.70. The van der Waals surface area contributed by atoms with Crippen LogP contribution in [-0.2, 0) is 0 Å². The molecule has 0 saturated heterocycles. The Morgan fingerprint density at radius 3 is 1.21 bits per heavy atom. The van der Waals surface area contributed by atoms with Gasteiger partial charge in [-0.1, -0.05) is 0 Å². The highest BCUT2D eigenvalue weighted by Gasteiger charge is 2.29. The van der Waals surface area contributed by atoms with E-state index in [0.717, 1.165) is 0 Å². The van der Waals surface area contributed by atoms with Crippen LogP contribution in [0.1, 0.15) is 0 Å². The van der Waals surface area contributed by atoms with Crippen molar-refractivity contribution in [1.29, 1.82) is 0 Å². The standard InChI is InChI=1S/C24H24F4N6O4/c1-29-11-31-23(35)33-13-3-7-15(8-4-13)37-21-17(25)19(27)22(20(28)18(21)26)38-16-9-5-14(6-10-16)34-24(36)32-12-30-2/h3-10,29-30H,11-12H2,1-2H3,(H2,31,33,35)(H2,32,34,36). The number of carbonyl (C=O) groups is 2. The second-order valence-corrected chi connectivity index (χ2v) is 7.49. The van der Waals surface area contributed by atoms with Crippen molar-refractivity contribution < 1.29 is 36.6 Å². The fraction of sp³-hybridized carbons (Fsp3) is 0.167. The molecular formula is C24H24F4N6O4. The summed E-state index contributed by atoms with van der Waals surface area (Å²) in [7, 11) is 3.28. The Morgan fingerprint density at radius 1 is 0.605 bits per heavy atom. The highest BCUT2D eigenvalue weighted by Crippen LogP contribution is 2.39. The number of benzene rings is 3. The summed E-state index contributed by atoms with van der Waals surface area (Å²) in [6.45, 7) is 0.446. The van der Waals surface area contributed by atoms with Crippen LogP contribution < -0.4 is 41.4 Å². The molecule has 0 aromatic heterocycles. The van der Waals surface area contributed by atoms with Crippen molar-refractivity contribution in [1.82, 2.24) is 21.3 Å². The summed E-state index contributed by atoms with van der Waals surface area (Å²) in [6, 6.07) is 9.37. The summed E-state index contributed by atoms with van der Waals surface area (Å²) in [5, 5.41) is 15.4. The first-order valence-corrected chi connectivity index (χ1v) is 11.0. The Bertz CT molecular complexity index is 1150. The molecule has 3 aromatic carbocycles. The molecule has 0 aliphatic carbocycles. The van der Waals surface area contributed by atoms with Gasteiger partial charge in [-0.15, -0.1) is 0 Å². The first kappa shape index (κ1) is 28.0. The van der Waals surface area contributed by atoms with E-state index in [-0.39, 0.29) is 24.8 Å². The molecule has 202 valence electrons. The average Bonchev–Trinajstić information content (AvgIpc) is 2.92. The number of rotatable bonds is 10. The normalized spacial score (nSPS) is 10.5. The number of hydrogen-bond donors (Lipinski definition) is 6. The molecule has 38 heavy (non-hydrogen) atoms. The Hall–Kier alpha value is -4.56. The van der Waals surface area contributed by atoms with E-state index in [1.54, 1.807) is 14.1 Å². The molecule has 0 atom stereocenters. The van der Waals surface area contributed by atoms with Gasteiger partial charge in [-0.3, -0.25) is 0 Å². The molecule has 10 nitrogen and oxygen atoms in total. The molecule has 6 N–H and O–H groups in total. The number of urea groups is 2. The highest BCUT2D eigenvalue weighted by atomic mass is 19.2. The topological polar surface area (TPSA) is 125 Å². The van der Waals surface area contributed by atoms with Crippen LogP contribution in [0.3, 0.4) is 0 Å². The monoisotopic (exact) mass is 536 g/mol. The van der Waals surface area contributed by atoms with E-state index < -0.39 is 46.8 Å². The van der Waals surface area contributed by atoms with Crippen molar-refractivity contribution in [3.05, 3.63) is 71.8 Å². The maximum absolute atomic E-state index is 14.7. The first-order chi connectivity index (χ1) is 18.2. The van der Waals surface area contributed by atoms with Gasteiger partial charge in [-0.05, 0) is 62.6 Å². The fourth-order valence-electron chi connectivity index (χ4n) is 2.91. The van der Waals surface area contributed by atoms with E-state index in [1.807, 2.05) is 0 Å². The molecule has 14 heteroatoms. The van der Waals surface area contributed by atoms with Crippen LogP contribution in [-0.4, -0.2) is 39.5 Å². The molecule has 3 rings (SSSR count).